The van der Waals surface area contributed by atoms with Gasteiger partial charge in [-0.1, -0.05) is 0 Å². The lowest BCUT2D eigenvalue weighted by atomic mass is 10.6. The van der Waals surface area contributed by atoms with Crippen molar-refractivity contribution in [2.75, 3.05) is 19.8 Å². The number of halogens is 1. The number of nitrogens with one attached hydrogen (secondary N) is 1. The number of amides is 1. The molecule has 0 heterocycles. The molecular formula is C4H8FNO2. The molecule has 8 heavy (non-hydrogen) atoms. The second kappa shape index (κ2) is 4.52. The van der Waals surface area contributed by atoms with E-state index in [2.05, 4.69) is 5.32 Å². The summed E-state index contributed by atoms with van der Waals surface area (Å²) in [4.78, 5) is 9.97. The van der Waals surface area contributed by atoms with Gasteiger partial charge in [0.25, 0.3) is 5.91 Å². The molecule has 0 rings (SSSR count). The molecular weight excluding hydrogens is 113 g/mol. The third-order valence-corrected chi connectivity index (χ3v) is 0.555. The Kier molecular flexibility index (Phi) is 4.16. The zero-order valence-electron chi connectivity index (χ0n) is 4.35. The Bertz CT molecular complexity index is 76.4. The Morgan fingerprint density at radius 3 is 2.75 bits per heavy atom. The predicted octanol–water partition coefficient (Wildman–Crippen LogP) is -0.936. The SMILES string of the molecule is O=C(CF)NCCO. The van der Waals surface area contributed by atoms with Gasteiger partial charge >= 0.3 is 0 Å². The molecule has 0 spiro atoms. The van der Waals surface area contributed by atoms with Crippen LogP contribution < -0.4 is 5.32 Å². The number of hydrogen-bond donors (Lipinski definition) is 2. The molecule has 0 fully saturated rings. The van der Waals surface area contributed by atoms with E-state index < -0.39 is 12.6 Å². The summed E-state index contributed by atoms with van der Waals surface area (Å²) in [5.74, 6) is -0.681. The van der Waals surface area contributed by atoms with Crippen LogP contribution in [0, 0.1) is 0 Å². The number of rotatable bonds is 3. The van der Waals surface area contributed by atoms with E-state index in [0.29, 0.717) is 0 Å². The van der Waals surface area contributed by atoms with Crippen molar-refractivity contribution in [2.24, 2.45) is 0 Å². The maximum absolute atomic E-state index is 11.2. The maximum Gasteiger partial charge on any atom is 0.251 e. The largest absolute Gasteiger partial charge is 0.395 e. The van der Waals surface area contributed by atoms with E-state index in [9.17, 15) is 9.18 Å². The van der Waals surface area contributed by atoms with Crippen LogP contribution in [0.15, 0.2) is 0 Å². The van der Waals surface area contributed by atoms with E-state index in [4.69, 9.17) is 5.11 Å². The number of carbonyl (C=O) groups excluding carboxylic acids is 1. The van der Waals surface area contributed by atoms with Crippen molar-refractivity contribution >= 4 is 5.91 Å². The minimum absolute atomic E-state index is 0.128. The molecule has 0 aliphatic rings. The number of hydrogen-bond acceptors (Lipinski definition) is 2. The van der Waals surface area contributed by atoms with Gasteiger partial charge in [-0.25, -0.2) is 4.39 Å². The summed E-state index contributed by atoms with van der Waals surface area (Å²) >= 11 is 0. The first kappa shape index (κ1) is 7.36. The molecule has 1 amide bonds. The Labute approximate surface area is 46.5 Å². The Hall–Kier alpha value is -0.640. The molecule has 0 aliphatic heterocycles. The van der Waals surface area contributed by atoms with Gasteiger partial charge in [-0.05, 0) is 0 Å². The molecule has 0 aromatic carbocycles. The van der Waals surface area contributed by atoms with Crippen molar-refractivity contribution in [1.29, 1.82) is 0 Å². The average molecular weight is 121 g/mol. The molecule has 0 atom stereocenters. The molecule has 0 radical (unpaired) electrons. The number of aliphatic hydroxyl groups excluding tert-OH is 1. The van der Waals surface area contributed by atoms with Crippen LogP contribution in [0.3, 0.4) is 0 Å². The second-order valence-corrected chi connectivity index (χ2v) is 1.21. The van der Waals surface area contributed by atoms with Gasteiger partial charge < -0.3 is 10.4 Å². The van der Waals surface area contributed by atoms with Gasteiger partial charge in [-0.3, -0.25) is 4.79 Å². The smallest absolute Gasteiger partial charge is 0.251 e. The predicted molar refractivity (Wildman–Crippen MR) is 26.1 cm³/mol. The fourth-order valence-electron chi connectivity index (χ4n) is 0.243. The van der Waals surface area contributed by atoms with Crippen LogP contribution in [0.5, 0.6) is 0 Å². The molecule has 2 N–H and O–H groups in total. The number of carbonyl (C=O) groups is 1. The quantitative estimate of drug-likeness (QED) is 0.506. The van der Waals surface area contributed by atoms with Crippen molar-refractivity contribution in [3.8, 4) is 0 Å². The van der Waals surface area contributed by atoms with Gasteiger partial charge in [0.05, 0.1) is 6.61 Å². The molecule has 0 saturated heterocycles. The summed E-state index contributed by atoms with van der Waals surface area (Å²) in [6, 6.07) is 0. The zero-order valence-corrected chi connectivity index (χ0v) is 4.35. The van der Waals surface area contributed by atoms with Crippen LogP contribution >= 0.6 is 0 Å². The standard InChI is InChI=1S/C4H8FNO2/c5-3-4(8)6-1-2-7/h7H,1-3H2,(H,6,8). The van der Waals surface area contributed by atoms with Crippen molar-refractivity contribution < 1.29 is 14.3 Å². The third-order valence-electron chi connectivity index (χ3n) is 0.555. The first-order valence-electron chi connectivity index (χ1n) is 2.24. The first-order chi connectivity index (χ1) is 3.81. The van der Waals surface area contributed by atoms with Crippen LogP contribution in [0.25, 0.3) is 0 Å². The van der Waals surface area contributed by atoms with Crippen molar-refractivity contribution in [1.82, 2.24) is 5.32 Å². The van der Waals surface area contributed by atoms with Gasteiger partial charge in [0.1, 0.15) is 0 Å². The lowest BCUT2D eigenvalue weighted by Crippen LogP contribution is -2.27. The summed E-state index contributed by atoms with van der Waals surface area (Å²) in [5.41, 5.74) is 0. The van der Waals surface area contributed by atoms with Crippen LogP contribution in [0.2, 0.25) is 0 Å². The second-order valence-electron chi connectivity index (χ2n) is 1.21. The summed E-state index contributed by atoms with van der Waals surface area (Å²) in [6.45, 7) is -1.03. The summed E-state index contributed by atoms with van der Waals surface area (Å²) in [6.07, 6.45) is 0. The van der Waals surface area contributed by atoms with Crippen molar-refractivity contribution in [2.45, 2.75) is 0 Å². The topological polar surface area (TPSA) is 49.3 Å². The van der Waals surface area contributed by atoms with Crippen LogP contribution in [0.4, 0.5) is 4.39 Å². The van der Waals surface area contributed by atoms with Crippen LogP contribution in [0.1, 0.15) is 0 Å². The lowest BCUT2D eigenvalue weighted by molar-refractivity contribution is -0.122. The third kappa shape index (κ3) is 3.55. The maximum atomic E-state index is 11.2. The van der Waals surface area contributed by atoms with E-state index >= 15 is 0 Å². The molecule has 0 saturated carbocycles. The fraction of sp³-hybridized carbons (Fsp3) is 0.750. The van der Waals surface area contributed by atoms with Crippen LogP contribution in [-0.2, 0) is 4.79 Å². The molecule has 3 nitrogen and oxygen atoms in total. The normalized spacial score (nSPS) is 8.75. The van der Waals surface area contributed by atoms with Gasteiger partial charge in [0.2, 0.25) is 0 Å². The van der Waals surface area contributed by atoms with Crippen molar-refractivity contribution in [3.05, 3.63) is 0 Å². The Morgan fingerprint density at radius 2 is 2.38 bits per heavy atom. The number of alkyl halides is 1. The fourth-order valence-corrected chi connectivity index (χ4v) is 0.243. The van der Waals surface area contributed by atoms with E-state index in [1.165, 1.54) is 0 Å². The highest BCUT2D eigenvalue weighted by atomic mass is 19.1. The van der Waals surface area contributed by atoms with E-state index in [1.54, 1.807) is 0 Å². The van der Waals surface area contributed by atoms with E-state index in [1.807, 2.05) is 0 Å². The molecule has 0 aromatic heterocycles. The highest BCUT2D eigenvalue weighted by Crippen LogP contribution is 1.65. The molecule has 0 aliphatic carbocycles. The van der Waals surface area contributed by atoms with Gasteiger partial charge in [0, 0.05) is 6.54 Å². The first-order valence-corrected chi connectivity index (χ1v) is 2.24. The monoisotopic (exact) mass is 121 g/mol. The molecule has 0 bridgehead atoms. The van der Waals surface area contributed by atoms with E-state index in [0.717, 1.165) is 0 Å². The van der Waals surface area contributed by atoms with Gasteiger partial charge in [-0.2, -0.15) is 0 Å². The zero-order chi connectivity index (χ0) is 6.41. The van der Waals surface area contributed by atoms with Gasteiger partial charge in [0.15, 0.2) is 6.67 Å². The lowest BCUT2D eigenvalue weighted by Gasteiger charge is -1.95. The summed E-state index contributed by atoms with van der Waals surface area (Å²) in [7, 11) is 0. The highest BCUT2D eigenvalue weighted by Gasteiger charge is 1.94. The summed E-state index contributed by atoms with van der Waals surface area (Å²) < 4.78 is 11.2. The minimum atomic E-state index is -1.01. The molecule has 0 unspecified atom stereocenters. The summed E-state index contributed by atoms with van der Waals surface area (Å²) in [5, 5.41) is 10.2. The van der Waals surface area contributed by atoms with Crippen LogP contribution in [-0.4, -0.2) is 30.8 Å². The minimum Gasteiger partial charge on any atom is -0.395 e. The number of aliphatic hydroxyl groups is 1. The molecule has 0 aromatic rings. The molecule has 48 valence electrons. The van der Waals surface area contributed by atoms with E-state index in [-0.39, 0.29) is 13.2 Å². The van der Waals surface area contributed by atoms with Gasteiger partial charge in [-0.15, -0.1) is 0 Å². The Morgan fingerprint density at radius 1 is 1.75 bits per heavy atom. The highest BCUT2D eigenvalue weighted by molar-refractivity contribution is 5.76. The Balaban J connectivity index is 2.99. The van der Waals surface area contributed by atoms with Crippen molar-refractivity contribution in [3.63, 3.8) is 0 Å². The molecule has 4 heteroatoms. The average Bonchev–Trinajstić information content (AvgIpc) is 1.83.